The minimum Gasteiger partial charge on any atom is -0.399 e. The first kappa shape index (κ1) is 14.1. The molecule has 0 fully saturated rings. The summed E-state index contributed by atoms with van der Waals surface area (Å²) in [7, 11) is 1.94. The standard InChI is InChI=1S/C14H18BrN3O/c1-3-12-14(15)13(18(2)17-12)9-19-8-10-4-6-11(16)7-5-10/h4-7H,3,8-9,16H2,1-2H3. The molecule has 0 atom stereocenters. The molecule has 4 nitrogen and oxygen atoms in total. The summed E-state index contributed by atoms with van der Waals surface area (Å²) >= 11 is 3.58. The van der Waals surface area contributed by atoms with Crippen molar-refractivity contribution in [3.63, 3.8) is 0 Å². The number of nitrogen functional groups attached to an aromatic ring is 1. The summed E-state index contributed by atoms with van der Waals surface area (Å²) in [6.07, 6.45) is 0.909. The lowest BCUT2D eigenvalue weighted by molar-refractivity contribution is 0.102. The highest BCUT2D eigenvalue weighted by molar-refractivity contribution is 9.10. The highest BCUT2D eigenvalue weighted by atomic mass is 79.9. The Hall–Kier alpha value is -1.33. The fourth-order valence-electron chi connectivity index (χ4n) is 1.86. The predicted octanol–water partition coefficient (Wildman–Crippen LogP) is 3.04. The van der Waals surface area contributed by atoms with E-state index in [1.54, 1.807) is 0 Å². The van der Waals surface area contributed by atoms with E-state index in [2.05, 4.69) is 28.0 Å². The molecule has 0 amide bonds. The van der Waals surface area contributed by atoms with Crippen molar-refractivity contribution >= 4 is 21.6 Å². The van der Waals surface area contributed by atoms with Crippen LogP contribution in [0.4, 0.5) is 5.69 Å². The van der Waals surface area contributed by atoms with Crippen molar-refractivity contribution < 1.29 is 4.74 Å². The zero-order valence-corrected chi connectivity index (χ0v) is 12.8. The van der Waals surface area contributed by atoms with Crippen LogP contribution in [0.5, 0.6) is 0 Å². The van der Waals surface area contributed by atoms with E-state index >= 15 is 0 Å². The fraction of sp³-hybridized carbons (Fsp3) is 0.357. The highest BCUT2D eigenvalue weighted by Crippen LogP contribution is 2.22. The van der Waals surface area contributed by atoms with Crippen molar-refractivity contribution in [1.29, 1.82) is 0 Å². The minimum absolute atomic E-state index is 0.536. The number of aromatic nitrogens is 2. The van der Waals surface area contributed by atoms with Crippen molar-refractivity contribution in [1.82, 2.24) is 9.78 Å². The molecule has 0 unspecified atom stereocenters. The third-order valence-electron chi connectivity index (χ3n) is 2.99. The van der Waals surface area contributed by atoms with Gasteiger partial charge in [0.1, 0.15) is 0 Å². The maximum atomic E-state index is 5.73. The van der Waals surface area contributed by atoms with Gasteiger partial charge in [0.2, 0.25) is 0 Å². The molecule has 2 aromatic rings. The van der Waals surface area contributed by atoms with Crippen LogP contribution in [0.1, 0.15) is 23.9 Å². The van der Waals surface area contributed by atoms with Gasteiger partial charge in [-0.1, -0.05) is 19.1 Å². The van der Waals surface area contributed by atoms with E-state index in [1.807, 2.05) is 36.0 Å². The van der Waals surface area contributed by atoms with Crippen LogP contribution in [0.15, 0.2) is 28.7 Å². The summed E-state index contributed by atoms with van der Waals surface area (Å²) < 4.78 is 8.65. The lowest BCUT2D eigenvalue weighted by Gasteiger charge is -2.06. The van der Waals surface area contributed by atoms with E-state index in [9.17, 15) is 0 Å². The quantitative estimate of drug-likeness (QED) is 0.860. The van der Waals surface area contributed by atoms with Crippen LogP contribution in [0.2, 0.25) is 0 Å². The molecule has 0 radical (unpaired) electrons. The first-order valence-electron chi connectivity index (χ1n) is 6.24. The number of hydrogen-bond donors (Lipinski definition) is 1. The predicted molar refractivity (Wildman–Crippen MR) is 79.6 cm³/mol. The Labute approximate surface area is 121 Å². The van der Waals surface area contributed by atoms with Gasteiger partial charge in [0, 0.05) is 12.7 Å². The molecule has 0 aliphatic carbocycles. The van der Waals surface area contributed by atoms with Crippen LogP contribution < -0.4 is 5.73 Å². The zero-order valence-electron chi connectivity index (χ0n) is 11.2. The van der Waals surface area contributed by atoms with Crippen LogP contribution in [-0.4, -0.2) is 9.78 Å². The molecule has 102 valence electrons. The summed E-state index contributed by atoms with van der Waals surface area (Å²) in [5.74, 6) is 0. The van der Waals surface area contributed by atoms with Crippen molar-refractivity contribution in [2.24, 2.45) is 7.05 Å². The lowest BCUT2D eigenvalue weighted by Crippen LogP contribution is -2.02. The second-order valence-corrected chi connectivity index (χ2v) is 5.21. The number of ether oxygens (including phenoxy) is 1. The first-order valence-corrected chi connectivity index (χ1v) is 7.03. The van der Waals surface area contributed by atoms with Gasteiger partial charge >= 0.3 is 0 Å². The number of nitrogens with zero attached hydrogens (tertiary/aromatic N) is 2. The topological polar surface area (TPSA) is 53.1 Å². The number of rotatable bonds is 5. The SMILES string of the molecule is CCc1nn(C)c(COCc2ccc(N)cc2)c1Br. The molecule has 19 heavy (non-hydrogen) atoms. The lowest BCUT2D eigenvalue weighted by atomic mass is 10.2. The maximum Gasteiger partial charge on any atom is 0.0900 e. The molecular weight excluding hydrogens is 306 g/mol. The molecule has 0 saturated carbocycles. The first-order chi connectivity index (χ1) is 9.11. The Kier molecular flexibility index (Phi) is 4.61. The summed E-state index contributed by atoms with van der Waals surface area (Å²) in [6, 6.07) is 7.72. The molecule has 0 bridgehead atoms. The summed E-state index contributed by atoms with van der Waals surface area (Å²) in [6.45, 7) is 3.19. The van der Waals surface area contributed by atoms with Gasteiger partial charge in [0.15, 0.2) is 0 Å². The molecule has 0 aliphatic rings. The fourth-order valence-corrected chi connectivity index (χ4v) is 2.59. The van der Waals surface area contributed by atoms with Crippen molar-refractivity contribution in [3.8, 4) is 0 Å². The molecular formula is C14H18BrN3O. The second-order valence-electron chi connectivity index (χ2n) is 4.42. The number of aryl methyl sites for hydroxylation is 2. The molecule has 1 aromatic heterocycles. The Morgan fingerprint density at radius 2 is 1.95 bits per heavy atom. The summed E-state index contributed by atoms with van der Waals surface area (Å²) in [5.41, 5.74) is 9.65. The molecule has 0 spiro atoms. The molecule has 5 heteroatoms. The van der Waals surface area contributed by atoms with E-state index in [4.69, 9.17) is 10.5 Å². The molecule has 1 heterocycles. The third-order valence-corrected chi connectivity index (χ3v) is 3.91. The van der Waals surface area contributed by atoms with Gasteiger partial charge in [-0.15, -0.1) is 0 Å². The van der Waals surface area contributed by atoms with Gasteiger partial charge in [-0.25, -0.2) is 0 Å². The smallest absolute Gasteiger partial charge is 0.0900 e. The molecule has 1 aromatic carbocycles. The molecule has 2 N–H and O–H groups in total. The van der Waals surface area contributed by atoms with Crippen LogP contribution in [-0.2, 0) is 31.4 Å². The molecule has 0 saturated heterocycles. The van der Waals surface area contributed by atoms with Crippen molar-refractivity contribution in [2.45, 2.75) is 26.6 Å². The zero-order chi connectivity index (χ0) is 13.8. The maximum absolute atomic E-state index is 5.73. The number of anilines is 1. The Morgan fingerprint density at radius 1 is 1.26 bits per heavy atom. The molecule has 0 aliphatic heterocycles. The summed E-state index contributed by atoms with van der Waals surface area (Å²) in [5, 5.41) is 4.44. The van der Waals surface area contributed by atoms with E-state index in [0.29, 0.717) is 13.2 Å². The van der Waals surface area contributed by atoms with Crippen molar-refractivity contribution in [3.05, 3.63) is 45.7 Å². The second kappa shape index (κ2) is 6.21. The Morgan fingerprint density at radius 3 is 2.53 bits per heavy atom. The normalized spacial score (nSPS) is 10.9. The van der Waals surface area contributed by atoms with Gasteiger partial charge in [-0.05, 0) is 40.0 Å². The number of hydrogen-bond acceptors (Lipinski definition) is 3. The third kappa shape index (κ3) is 3.36. The number of halogens is 1. The number of benzene rings is 1. The van der Waals surface area contributed by atoms with Crippen LogP contribution in [0, 0.1) is 0 Å². The van der Waals surface area contributed by atoms with E-state index in [0.717, 1.165) is 33.5 Å². The van der Waals surface area contributed by atoms with E-state index in [1.165, 1.54) is 0 Å². The average Bonchev–Trinajstić information content (AvgIpc) is 2.68. The number of nitrogens with two attached hydrogens (primary N) is 1. The largest absolute Gasteiger partial charge is 0.399 e. The van der Waals surface area contributed by atoms with Gasteiger partial charge in [-0.3, -0.25) is 4.68 Å². The van der Waals surface area contributed by atoms with Gasteiger partial charge in [0.25, 0.3) is 0 Å². The monoisotopic (exact) mass is 323 g/mol. The van der Waals surface area contributed by atoms with E-state index in [-0.39, 0.29) is 0 Å². The average molecular weight is 324 g/mol. The highest BCUT2D eigenvalue weighted by Gasteiger charge is 2.12. The van der Waals surface area contributed by atoms with Gasteiger partial charge in [-0.2, -0.15) is 5.10 Å². The summed E-state index contributed by atoms with van der Waals surface area (Å²) in [4.78, 5) is 0. The van der Waals surface area contributed by atoms with E-state index < -0.39 is 0 Å². The van der Waals surface area contributed by atoms with Gasteiger partial charge in [0.05, 0.1) is 29.1 Å². The Bertz CT molecular complexity index is 549. The van der Waals surface area contributed by atoms with Crippen molar-refractivity contribution in [2.75, 3.05) is 5.73 Å². The van der Waals surface area contributed by atoms with Crippen LogP contribution in [0.25, 0.3) is 0 Å². The van der Waals surface area contributed by atoms with Crippen LogP contribution >= 0.6 is 15.9 Å². The Balaban J connectivity index is 1.96. The van der Waals surface area contributed by atoms with Gasteiger partial charge < -0.3 is 10.5 Å². The minimum atomic E-state index is 0.536. The molecule has 2 rings (SSSR count). The van der Waals surface area contributed by atoms with Crippen LogP contribution in [0.3, 0.4) is 0 Å².